The average molecular weight is 368 g/mol. The Balaban J connectivity index is 1.81. The van der Waals surface area contributed by atoms with Crippen LogP contribution < -0.4 is 4.74 Å². The number of hydrogen-bond donors (Lipinski definition) is 1. The molecule has 0 radical (unpaired) electrons. The largest absolute Gasteiger partial charge is 0.425 e. The summed E-state index contributed by atoms with van der Waals surface area (Å²) in [6.07, 6.45) is 0. The number of piperazine rings is 1. The van der Waals surface area contributed by atoms with E-state index in [0.29, 0.717) is 12.3 Å². The minimum absolute atomic E-state index is 0.163. The molecule has 2 aromatic carbocycles. The normalized spacial score (nSPS) is 16.9. The number of aryl methyl sites for hydroxylation is 2. The highest BCUT2D eigenvalue weighted by atomic mass is 16.5. The van der Waals surface area contributed by atoms with Gasteiger partial charge in [-0.05, 0) is 30.5 Å². The van der Waals surface area contributed by atoms with E-state index in [-0.39, 0.29) is 12.6 Å². The van der Waals surface area contributed by atoms with E-state index in [0.717, 1.165) is 42.9 Å². The molecule has 1 N–H and O–H groups in total. The van der Waals surface area contributed by atoms with E-state index >= 15 is 0 Å². The van der Waals surface area contributed by atoms with Crippen LogP contribution in [0.15, 0.2) is 48.5 Å². The first-order chi connectivity index (χ1) is 13.1. The molecule has 0 aliphatic carbocycles. The van der Waals surface area contributed by atoms with Gasteiger partial charge in [0.1, 0.15) is 11.8 Å². The van der Waals surface area contributed by atoms with Crippen LogP contribution in [0.1, 0.15) is 22.7 Å². The maximum atomic E-state index is 13.2. The molecule has 0 aromatic heterocycles. The van der Waals surface area contributed by atoms with Crippen molar-refractivity contribution in [2.45, 2.75) is 19.9 Å². The van der Waals surface area contributed by atoms with Crippen molar-refractivity contribution in [1.82, 2.24) is 9.80 Å². The molecule has 1 fully saturated rings. The second kappa shape index (κ2) is 9.13. The molecule has 0 bridgehead atoms. The summed E-state index contributed by atoms with van der Waals surface area (Å²) in [6.45, 7) is 7.96. The molecular formula is C22H28N2O3. The monoisotopic (exact) mass is 368 g/mol. The quantitative estimate of drug-likeness (QED) is 0.627. The summed E-state index contributed by atoms with van der Waals surface area (Å²) >= 11 is 0. The summed E-state index contributed by atoms with van der Waals surface area (Å²) in [7, 11) is 0. The van der Waals surface area contributed by atoms with Gasteiger partial charge in [-0.15, -0.1) is 0 Å². The molecule has 0 amide bonds. The lowest BCUT2D eigenvalue weighted by atomic mass is 10.0. The number of benzene rings is 2. The number of aliphatic hydroxyl groups excluding tert-OH is 1. The average Bonchev–Trinajstić information content (AvgIpc) is 2.67. The number of aliphatic hydroxyl groups is 1. The predicted molar refractivity (Wildman–Crippen MR) is 106 cm³/mol. The van der Waals surface area contributed by atoms with Gasteiger partial charge >= 0.3 is 5.97 Å². The van der Waals surface area contributed by atoms with E-state index in [2.05, 4.69) is 9.80 Å². The molecule has 1 unspecified atom stereocenters. The lowest BCUT2D eigenvalue weighted by molar-refractivity contribution is -0.141. The molecule has 1 aliphatic heterocycles. The van der Waals surface area contributed by atoms with Gasteiger partial charge in [0.05, 0.1) is 6.61 Å². The van der Waals surface area contributed by atoms with Gasteiger partial charge in [0.15, 0.2) is 0 Å². The summed E-state index contributed by atoms with van der Waals surface area (Å²) < 4.78 is 5.89. The summed E-state index contributed by atoms with van der Waals surface area (Å²) in [4.78, 5) is 17.6. The van der Waals surface area contributed by atoms with Crippen molar-refractivity contribution < 1.29 is 14.6 Å². The molecule has 0 saturated carbocycles. The zero-order chi connectivity index (χ0) is 19.2. The van der Waals surface area contributed by atoms with Gasteiger partial charge in [-0.1, -0.05) is 48.5 Å². The molecule has 5 nitrogen and oxygen atoms in total. The summed E-state index contributed by atoms with van der Waals surface area (Å²) in [5.74, 6) is 0.413. The second-order valence-electron chi connectivity index (χ2n) is 7.06. The maximum absolute atomic E-state index is 13.2. The van der Waals surface area contributed by atoms with Gasteiger partial charge < -0.3 is 9.84 Å². The Morgan fingerprint density at radius 2 is 1.63 bits per heavy atom. The van der Waals surface area contributed by atoms with Crippen molar-refractivity contribution in [3.8, 4) is 5.75 Å². The number of rotatable bonds is 6. The highest BCUT2D eigenvalue weighted by Crippen LogP contribution is 2.28. The fourth-order valence-corrected chi connectivity index (χ4v) is 3.63. The van der Waals surface area contributed by atoms with Gasteiger partial charge in [0.25, 0.3) is 0 Å². The first-order valence-corrected chi connectivity index (χ1v) is 9.50. The van der Waals surface area contributed by atoms with Crippen LogP contribution in [-0.2, 0) is 4.79 Å². The third-order valence-electron chi connectivity index (χ3n) is 5.14. The number of esters is 1. The van der Waals surface area contributed by atoms with Crippen LogP contribution in [-0.4, -0.2) is 60.2 Å². The minimum atomic E-state index is -0.429. The molecule has 144 valence electrons. The Kier molecular flexibility index (Phi) is 6.61. The zero-order valence-electron chi connectivity index (χ0n) is 16.1. The van der Waals surface area contributed by atoms with E-state index in [1.165, 1.54) is 0 Å². The molecule has 3 rings (SSSR count). The first-order valence-electron chi connectivity index (χ1n) is 9.50. The summed E-state index contributed by atoms with van der Waals surface area (Å²) in [5, 5.41) is 9.15. The predicted octanol–water partition coefficient (Wildman–Crippen LogP) is 2.56. The van der Waals surface area contributed by atoms with Gasteiger partial charge in [-0.3, -0.25) is 9.80 Å². The fourth-order valence-electron chi connectivity index (χ4n) is 3.63. The number of carbonyl (C=O) groups is 1. The number of nitrogens with zero attached hydrogens (tertiary/aromatic N) is 2. The van der Waals surface area contributed by atoms with Crippen molar-refractivity contribution >= 4 is 5.97 Å². The van der Waals surface area contributed by atoms with Crippen molar-refractivity contribution in [2.75, 3.05) is 39.3 Å². The smallest absolute Gasteiger partial charge is 0.333 e. The molecular weight excluding hydrogens is 340 g/mol. The number of hydrogen-bond acceptors (Lipinski definition) is 5. The number of para-hydroxylation sites is 1. The van der Waals surface area contributed by atoms with E-state index < -0.39 is 6.04 Å². The first kappa shape index (κ1) is 19.5. The van der Waals surface area contributed by atoms with E-state index in [4.69, 9.17) is 9.84 Å². The lowest BCUT2D eigenvalue weighted by Crippen LogP contribution is -2.50. The van der Waals surface area contributed by atoms with Gasteiger partial charge in [-0.2, -0.15) is 0 Å². The Morgan fingerprint density at radius 1 is 1.00 bits per heavy atom. The van der Waals surface area contributed by atoms with Crippen molar-refractivity contribution in [1.29, 1.82) is 0 Å². The van der Waals surface area contributed by atoms with Crippen LogP contribution in [0.2, 0.25) is 0 Å². The molecule has 1 saturated heterocycles. The van der Waals surface area contributed by atoms with E-state index in [1.54, 1.807) is 0 Å². The minimum Gasteiger partial charge on any atom is -0.425 e. The van der Waals surface area contributed by atoms with Crippen LogP contribution >= 0.6 is 0 Å². The molecule has 1 aliphatic rings. The molecule has 5 heteroatoms. The molecule has 1 atom stereocenters. The van der Waals surface area contributed by atoms with Crippen LogP contribution in [0.5, 0.6) is 5.75 Å². The standard InChI is InChI=1S/C22H28N2O3/c1-17-7-6-8-18(2)21(17)27-22(26)20(19-9-4-3-5-10-19)24-13-11-23(12-14-24)15-16-25/h3-10,20,25H,11-16H2,1-2H3. The van der Waals surface area contributed by atoms with Crippen LogP contribution in [0.25, 0.3) is 0 Å². The second-order valence-corrected chi connectivity index (χ2v) is 7.06. The highest BCUT2D eigenvalue weighted by molar-refractivity contribution is 5.80. The molecule has 27 heavy (non-hydrogen) atoms. The number of β-amino-alcohol motifs (C(OH)–C–C–N with tert-alkyl or cyclic N) is 1. The van der Waals surface area contributed by atoms with E-state index in [9.17, 15) is 4.79 Å². The Bertz CT molecular complexity index is 735. The van der Waals surface area contributed by atoms with E-state index in [1.807, 2.05) is 62.4 Å². The van der Waals surface area contributed by atoms with Crippen LogP contribution in [0.4, 0.5) is 0 Å². The zero-order valence-corrected chi connectivity index (χ0v) is 16.1. The Morgan fingerprint density at radius 3 is 2.22 bits per heavy atom. The molecule has 1 heterocycles. The topological polar surface area (TPSA) is 53.0 Å². The third-order valence-corrected chi connectivity index (χ3v) is 5.14. The molecule has 0 spiro atoms. The van der Waals surface area contributed by atoms with Crippen LogP contribution in [0.3, 0.4) is 0 Å². The number of ether oxygens (including phenoxy) is 1. The highest BCUT2D eigenvalue weighted by Gasteiger charge is 2.32. The van der Waals surface area contributed by atoms with Crippen molar-refractivity contribution in [3.05, 3.63) is 65.2 Å². The lowest BCUT2D eigenvalue weighted by Gasteiger charge is -2.38. The number of carbonyl (C=O) groups excluding carboxylic acids is 1. The van der Waals surface area contributed by atoms with Gasteiger partial charge in [-0.25, -0.2) is 4.79 Å². The third kappa shape index (κ3) is 4.75. The summed E-state index contributed by atoms with van der Waals surface area (Å²) in [6, 6.07) is 15.3. The van der Waals surface area contributed by atoms with Gasteiger partial charge in [0.2, 0.25) is 0 Å². The van der Waals surface area contributed by atoms with Crippen molar-refractivity contribution in [3.63, 3.8) is 0 Å². The summed E-state index contributed by atoms with van der Waals surface area (Å²) in [5.41, 5.74) is 2.87. The Labute approximate surface area is 161 Å². The van der Waals surface area contributed by atoms with Crippen LogP contribution in [0, 0.1) is 13.8 Å². The van der Waals surface area contributed by atoms with Crippen molar-refractivity contribution in [2.24, 2.45) is 0 Å². The maximum Gasteiger partial charge on any atom is 0.333 e. The molecule has 2 aromatic rings. The Hall–Kier alpha value is -2.21. The fraction of sp³-hybridized carbons (Fsp3) is 0.409. The SMILES string of the molecule is Cc1cccc(C)c1OC(=O)C(c1ccccc1)N1CCN(CCO)CC1. The van der Waals surface area contributed by atoms with Gasteiger partial charge in [0, 0.05) is 32.7 Å².